The van der Waals surface area contributed by atoms with Crippen molar-refractivity contribution in [1.82, 2.24) is 0 Å². The normalized spacial score (nSPS) is 18.9. The highest BCUT2D eigenvalue weighted by Crippen LogP contribution is 2.50. The molecule has 1 rings (SSSR count). The molecule has 0 radical (unpaired) electrons. The van der Waals surface area contributed by atoms with Crippen molar-refractivity contribution in [3.63, 3.8) is 0 Å². The van der Waals surface area contributed by atoms with E-state index in [9.17, 15) is 31.2 Å². The molecule has 1 fully saturated rings. The van der Waals surface area contributed by atoms with Gasteiger partial charge < -0.3 is 9.84 Å². The number of methoxy groups -OCH3 is 1. The van der Waals surface area contributed by atoms with Crippen molar-refractivity contribution in [2.24, 2.45) is 11.3 Å². The van der Waals surface area contributed by atoms with Gasteiger partial charge in [-0.25, -0.2) is 8.42 Å². The third-order valence-corrected chi connectivity index (χ3v) is 5.24. The number of rotatable bonds is 7. The van der Waals surface area contributed by atoms with Crippen LogP contribution in [0.25, 0.3) is 0 Å². The summed E-state index contributed by atoms with van der Waals surface area (Å²) in [5, 5.41) is 8.51. The van der Waals surface area contributed by atoms with Crippen molar-refractivity contribution >= 4 is 21.8 Å². The van der Waals surface area contributed by atoms with E-state index in [1.165, 1.54) is 0 Å². The number of hydrogen-bond donors (Lipinski definition) is 1. The molecule has 0 aromatic heterocycles. The Morgan fingerprint density at radius 2 is 1.86 bits per heavy atom. The summed E-state index contributed by atoms with van der Waals surface area (Å²) in [5.74, 6) is -8.00. The number of carboxylic acids is 1. The molecule has 1 aliphatic rings. The Hall–Kier alpha value is -1.32. The molecule has 1 atom stereocenters. The van der Waals surface area contributed by atoms with Crippen molar-refractivity contribution in [1.29, 1.82) is 0 Å². The van der Waals surface area contributed by atoms with Gasteiger partial charge in [-0.3, -0.25) is 9.59 Å². The average molecular weight is 332 g/mol. The fraction of sp³-hybridized carbons (Fsp3) is 0.818. The first-order chi connectivity index (χ1) is 9.41. The maximum Gasteiger partial charge on any atom is 0.403 e. The van der Waals surface area contributed by atoms with Crippen LogP contribution < -0.4 is 0 Å². The maximum atomic E-state index is 12.5. The van der Waals surface area contributed by atoms with Crippen LogP contribution in [0, 0.1) is 11.3 Å². The number of alkyl halides is 3. The van der Waals surface area contributed by atoms with Crippen LogP contribution in [-0.4, -0.2) is 50.3 Å². The summed E-state index contributed by atoms with van der Waals surface area (Å²) >= 11 is 0. The average Bonchev–Trinajstić information content (AvgIpc) is 3.02. The van der Waals surface area contributed by atoms with Gasteiger partial charge in [-0.05, 0) is 18.3 Å². The lowest BCUT2D eigenvalue weighted by molar-refractivity contribution is -0.189. The van der Waals surface area contributed by atoms with Crippen molar-refractivity contribution < 1.29 is 41.0 Å². The molecule has 1 N–H and O–H groups in total. The van der Waals surface area contributed by atoms with E-state index >= 15 is 0 Å². The van der Waals surface area contributed by atoms with E-state index in [4.69, 9.17) is 5.11 Å². The summed E-state index contributed by atoms with van der Waals surface area (Å²) in [4.78, 5) is 21.7. The minimum Gasteiger partial charge on any atom is -0.481 e. The van der Waals surface area contributed by atoms with Crippen LogP contribution >= 0.6 is 0 Å². The van der Waals surface area contributed by atoms with Crippen LogP contribution in [0.5, 0.6) is 0 Å². The Bertz CT molecular complexity index is 521. The van der Waals surface area contributed by atoms with Crippen LogP contribution in [0.1, 0.15) is 19.3 Å². The van der Waals surface area contributed by atoms with Crippen molar-refractivity contribution in [2.75, 3.05) is 18.6 Å². The maximum absolute atomic E-state index is 12.5. The van der Waals surface area contributed by atoms with E-state index in [1.54, 1.807) is 0 Å². The summed E-state index contributed by atoms with van der Waals surface area (Å²) in [5.41, 5.74) is -0.916. The molecule has 0 saturated heterocycles. The molecule has 0 aromatic carbocycles. The zero-order valence-corrected chi connectivity index (χ0v) is 12.0. The Balaban J connectivity index is 2.78. The molecule has 0 aromatic rings. The van der Waals surface area contributed by atoms with Gasteiger partial charge in [0, 0.05) is 0 Å². The minimum atomic E-state index is -5.14. The zero-order chi connectivity index (χ0) is 16.5. The van der Waals surface area contributed by atoms with Gasteiger partial charge in [0.15, 0.2) is 15.8 Å². The van der Waals surface area contributed by atoms with Crippen LogP contribution in [0.3, 0.4) is 0 Å². The van der Waals surface area contributed by atoms with E-state index < -0.39 is 50.8 Å². The first-order valence-electron chi connectivity index (χ1n) is 5.98. The van der Waals surface area contributed by atoms with E-state index in [0.29, 0.717) is 12.8 Å². The zero-order valence-electron chi connectivity index (χ0n) is 11.1. The van der Waals surface area contributed by atoms with E-state index in [-0.39, 0.29) is 6.42 Å². The fourth-order valence-corrected chi connectivity index (χ4v) is 4.29. The number of aliphatic carboxylic acids is 1. The number of carbonyl (C=O) groups is 2. The molecule has 0 heterocycles. The molecular formula is C11H15F3O6S. The Morgan fingerprint density at radius 1 is 1.33 bits per heavy atom. The highest BCUT2D eigenvalue weighted by Gasteiger charge is 2.52. The van der Waals surface area contributed by atoms with E-state index in [0.717, 1.165) is 7.11 Å². The number of ether oxygens (including phenoxy) is 1. The van der Waals surface area contributed by atoms with Crippen LogP contribution in [-0.2, 0) is 24.2 Å². The second kappa shape index (κ2) is 5.82. The number of carboxylic acid groups (broad SMARTS) is 1. The number of halogens is 3. The van der Waals surface area contributed by atoms with E-state index in [1.807, 2.05) is 0 Å². The van der Waals surface area contributed by atoms with Crippen LogP contribution in [0.15, 0.2) is 0 Å². The van der Waals surface area contributed by atoms with Crippen molar-refractivity contribution in [3.8, 4) is 0 Å². The first-order valence-corrected chi connectivity index (χ1v) is 7.80. The largest absolute Gasteiger partial charge is 0.481 e. The molecule has 6 nitrogen and oxygen atoms in total. The second-order valence-electron chi connectivity index (χ2n) is 5.24. The Kier molecular flexibility index (Phi) is 4.91. The SMILES string of the molecule is COC(=O)CC1(CS(=O)(=O)CC(C(=O)O)C(F)(F)F)CC1. The lowest BCUT2D eigenvalue weighted by Gasteiger charge is -2.18. The molecule has 10 heteroatoms. The minimum absolute atomic E-state index is 0.202. The third kappa shape index (κ3) is 5.18. The molecule has 122 valence electrons. The van der Waals surface area contributed by atoms with Crippen molar-refractivity contribution in [3.05, 3.63) is 0 Å². The lowest BCUT2D eigenvalue weighted by Crippen LogP contribution is -2.38. The van der Waals surface area contributed by atoms with Gasteiger partial charge in [0.05, 0.1) is 25.0 Å². The van der Waals surface area contributed by atoms with Crippen LogP contribution in [0.2, 0.25) is 0 Å². The molecule has 1 saturated carbocycles. The summed E-state index contributed by atoms with van der Waals surface area (Å²) in [6.45, 7) is 0. The van der Waals surface area contributed by atoms with Gasteiger partial charge >= 0.3 is 18.1 Å². The summed E-state index contributed by atoms with van der Waals surface area (Å²) < 4.78 is 65.5. The highest BCUT2D eigenvalue weighted by molar-refractivity contribution is 7.91. The van der Waals surface area contributed by atoms with Crippen LogP contribution in [0.4, 0.5) is 13.2 Å². The topological polar surface area (TPSA) is 97.7 Å². The highest BCUT2D eigenvalue weighted by atomic mass is 32.2. The van der Waals surface area contributed by atoms with Gasteiger partial charge in [0.25, 0.3) is 0 Å². The number of carbonyl (C=O) groups excluding carboxylic acids is 1. The van der Waals surface area contributed by atoms with E-state index in [2.05, 4.69) is 4.74 Å². The van der Waals surface area contributed by atoms with Gasteiger partial charge in [0.2, 0.25) is 0 Å². The summed E-state index contributed by atoms with van der Waals surface area (Å²) in [6, 6.07) is 0. The second-order valence-corrected chi connectivity index (χ2v) is 7.35. The number of esters is 1. The molecular weight excluding hydrogens is 317 g/mol. The van der Waals surface area contributed by atoms with Gasteiger partial charge in [-0.2, -0.15) is 13.2 Å². The lowest BCUT2D eigenvalue weighted by atomic mass is 10.1. The fourth-order valence-electron chi connectivity index (χ4n) is 2.01. The standard InChI is InChI=1S/C11H15F3O6S/c1-20-8(15)4-10(2-3-10)6-21(18,19)5-7(9(16)17)11(12,13)14/h7H,2-6H2,1H3,(H,16,17). The Labute approximate surface area is 119 Å². The monoisotopic (exact) mass is 332 g/mol. The first kappa shape index (κ1) is 17.7. The molecule has 1 unspecified atom stereocenters. The van der Waals surface area contributed by atoms with Gasteiger partial charge in [-0.15, -0.1) is 0 Å². The molecule has 1 aliphatic carbocycles. The molecule has 0 aliphatic heterocycles. The predicted molar refractivity (Wildman–Crippen MR) is 64.1 cm³/mol. The predicted octanol–water partition coefficient (Wildman–Crippen LogP) is 1.01. The molecule has 0 bridgehead atoms. The Morgan fingerprint density at radius 3 is 2.19 bits per heavy atom. The molecule has 0 spiro atoms. The van der Waals surface area contributed by atoms with Gasteiger partial charge in [0.1, 0.15) is 0 Å². The van der Waals surface area contributed by atoms with Gasteiger partial charge in [-0.1, -0.05) is 0 Å². The smallest absolute Gasteiger partial charge is 0.403 e. The number of hydrogen-bond acceptors (Lipinski definition) is 5. The summed E-state index contributed by atoms with van der Waals surface area (Å²) in [6.07, 6.45) is -4.58. The summed E-state index contributed by atoms with van der Waals surface area (Å²) in [7, 11) is -3.14. The number of sulfone groups is 1. The molecule has 0 amide bonds. The quantitative estimate of drug-likeness (QED) is 0.699. The van der Waals surface area contributed by atoms with Crippen molar-refractivity contribution in [2.45, 2.75) is 25.4 Å². The third-order valence-electron chi connectivity index (χ3n) is 3.34. The molecule has 21 heavy (non-hydrogen) atoms.